The molecule has 1 rings (SSSR count). The molecule has 2 atom stereocenters. The van der Waals surface area contributed by atoms with Crippen molar-refractivity contribution in [2.24, 2.45) is 5.73 Å². The van der Waals surface area contributed by atoms with E-state index in [-0.39, 0.29) is 12.1 Å². The molecule has 0 aromatic rings. The molecule has 0 aliphatic heterocycles. The quantitative estimate of drug-likeness (QED) is 0.673. The maximum absolute atomic E-state index is 13.0. The van der Waals surface area contributed by atoms with Crippen LogP contribution in [0.1, 0.15) is 32.6 Å². The monoisotopic (exact) mass is 200 g/mol. The Morgan fingerprint density at radius 1 is 1.64 bits per heavy atom. The molecular weight excluding hydrogens is 183 g/mol. The fourth-order valence-electron chi connectivity index (χ4n) is 1.68. The first kappa shape index (κ1) is 11.2. The van der Waals surface area contributed by atoms with Crippen LogP contribution in [0.3, 0.4) is 0 Å². The zero-order chi connectivity index (χ0) is 10.6. The molecule has 0 aromatic heterocycles. The largest absolute Gasteiger partial charge is 0.346 e. The summed E-state index contributed by atoms with van der Waals surface area (Å²) in [5.41, 5.74) is 5.74. The van der Waals surface area contributed by atoms with Crippen molar-refractivity contribution in [3.63, 3.8) is 0 Å². The minimum Gasteiger partial charge on any atom is -0.346 e. The Bertz CT molecular complexity index is 240. The van der Waals surface area contributed by atoms with Gasteiger partial charge in [0.2, 0.25) is 0 Å². The van der Waals surface area contributed by atoms with Crippen molar-refractivity contribution in [2.45, 2.75) is 44.7 Å². The SMILES string of the molecule is CC/C=C(/F)C(=O)N[C@H]1CCC[C@H]1N. The Kier molecular flexibility index (Phi) is 4.07. The lowest BCUT2D eigenvalue weighted by atomic mass is 10.2. The Morgan fingerprint density at radius 3 is 2.86 bits per heavy atom. The summed E-state index contributed by atoms with van der Waals surface area (Å²) in [6, 6.07) is -0.0770. The van der Waals surface area contributed by atoms with Crippen LogP contribution < -0.4 is 11.1 Å². The Hall–Kier alpha value is -0.900. The van der Waals surface area contributed by atoms with Crippen LogP contribution in [0.5, 0.6) is 0 Å². The molecule has 1 saturated carbocycles. The van der Waals surface area contributed by atoms with Crippen molar-refractivity contribution in [1.82, 2.24) is 5.32 Å². The number of rotatable bonds is 3. The van der Waals surface area contributed by atoms with Crippen molar-refractivity contribution in [1.29, 1.82) is 0 Å². The molecule has 0 aromatic carbocycles. The van der Waals surface area contributed by atoms with Gasteiger partial charge in [0.25, 0.3) is 5.91 Å². The van der Waals surface area contributed by atoms with Crippen molar-refractivity contribution >= 4 is 5.91 Å². The maximum Gasteiger partial charge on any atom is 0.279 e. The van der Waals surface area contributed by atoms with Gasteiger partial charge in [0, 0.05) is 12.1 Å². The fourth-order valence-corrected chi connectivity index (χ4v) is 1.68. The average molecular weight is 200 g/mol. The number of amides is 1. The smallest absolute Gasteiger partial charge is 0.279 e. The molecule has 1 amide bonds. The number of halogens is 1. The molecule has 3 nitrogen and oxygen atoms in total. The van der Waals surface area contributed by atoms with E-state index in [9.17, 15) is 9.18 Å². The highest BCUT2D eigenvalue weighted by atomic mass is 19.1. The number of allylic oxidation sites excluding steroid dienone is 1. The Labute approximate surface area is 83.5 Å². The molecule has 1 fully saturated rings. The van der Waals surface area contributed by atoms with E-state index in [1.807, 2.05) is 0 Å². The molecule has 80 valence electrons. The van der Waals surface area contributed by atoms with Crippen LogP contribution in [0.25, 0.3) is 0 Å². The molecule has 4 heteroatoms. The Balaban J connectivity index is 2.44. The molecule has 1 aliphatic carbocycles. The number of hydrogen-bond acceptors (Lipinski definition) is 2. The molecule has 0 radical (unpaired) electrons. The van der Waals surface area contributed by atoms with Crippen molar-refractivity contribution < 1.29 is 9.18 Å². The van der Waals surface area contributed by atoms with Crippen LogP contribution >= 0.6 is 0 Å². The molecule has 0 spiro atoms. The lowest BCUT2D eigenvalue weighted by Gasteiger charge is -2.16. The summed E-state index contributed by atoms with van der Waals surface area (Å²) in [4.78, 5) is 11.2. The summed E-state index contributed by atoms with van der Waals surface area (Å²) in [6.45, 7) is 1.79. The highest BCUT2D eigenvalue weighted by Gasteiger charge is 2.26. The third-order valence-corrected chi connectivity index (χ3v) is 2.49. The zero-order valence-corrected chi connectivity index (χ0v) is 8.42. The molecule has 1 aliphatic rings. The van der Waals surface area contributed by atoms with Crippen LogP contribution in [0.15, 0.2) is 11.9 Å². The fraction of sp³-hybridized carbons (Fsp3) is 0.700. The van der Waals surface area contributed by atoms with Gasteiger partial charge in [-0.1, -0.05) is 6.92 Å². The standard InChI is InChI=1S/C10H17FN2O/c1-2-4-7(11)10(14)13-9-6-3-5-8(9)12/h4,8-9H,2-3,5-6,12H2,1H3,(H,13,14)/b7-4+/t8-,9+/m1/s1. The molecule has 14 heavy (non-hydrogen) atoms. The van der Waals surface area contributed by atoms with Crippen molar-refractivity contribution in [2.75, 3.05) is 0 Å². The summed E-state index contributed by atoms with van der Waals surface area (Å²) < 4.78 is 13.0. The number of carbonyl (C=O) groups excluding carboxylic acids is 1. The minimum atomic E-state index is -0.702. The van der Waals surface area contributed by atoms with Crippen LogP contribution in [0, 0.1) is 0 Å². The molecular formula is C10H17FN2O. The molecule has 0 heterocycles. The first-order valence-electron chi connectivity index (χ1n) is 5.07. The zero-order valence-electron chi connectivity index (χ0n) is 8.42. The van der Waals surface area contributed by atoms with Crippen LogP contribution in [-0.4, -0.2) is 18.0 Å². The second kappa shape index (κ2) is 5.10. The third-order valence-electron chi connectivity index (χ3n) is 2.49. The summed E-state index contributed by atoms with van der Waals surface area (Å²) in [5.74, 6) is -1.33. The minimum absolute atomic E-state index is 0.0200. The van der Waals surface area contributed by atoms with Gasteiger partial charge in [-0.3, -0.25) is 4.79 Å². The van der Waals surface area contributed by atoms with Crippen molar-refractivity contribution in [3.05, 3.63) is 11.9 Å². The van der Waals surface area contributed by atoms with Gasteiger partial charge in [-0.2, -0.15) is 0 Å². The van der Waals surface area contributed by atoms with Crippen LogP contribution in [0.2, 0.25) is 0 Å². The first-order chi connectivity index (χ1) is 6.65. The third kappa shape index (κ3) is 2.80. The van der Waals surface area contributed by atoms with Gasteiger partial charge in [0.15, 0.2) is 5.83 Å². The normalized spacial score (nSPS) is 27.8. The predicted molar refractivity (Wildman–Crippen MR) is 53.2 cm³/mol. The lowest BCUT2D eigenvalue weighted by Crippen LogP contribution is -2.44. The second-order valence-corrected chi connectivity index (χ2v) is 3.64. The molecule has 3 N–H and O–H groups in total. The maximum atomic E-state index is 13.0. The molecule has 0 unspecified atom stereocenters. The van der Waals surface area contributed by atoms with E-state index in [0.29, 0.717) is 6.42 Å². The van der Waals surface area contributed by atoms with E-state index in [1.165, 1.54) is 6.08 Å². The summed E-state index contributed by atoms with van der Waals surface area (Å²) >= 11 is 0. The van der Waals surface area contributed by atoms with Crippen molar-refractivity contribution in [3.8, 4) is 0 Å². The van der Waals surface area contributed by atoms with E-state index in [2.05, 4.69) is 5.32 Å². The number of carbonyl (C=O) groups is 1. The summed E-state index contributed by atoms with van der Waals surface area (Å²) in [6.07, 6.45) is 4.56. The van der Waals surface area contributed by atoms with E-state index < -0.39 is 11.7 Å². The van der Waals surface area contributed by atoms with Gasteiger partial charge in [-0.15, -0.1) is 0 Å². The molecule has 0 bridgehead atoms. The first-order valence-corrected chi connectivity index (χ1v) is 5.07. The lowest BCUT2D eigenvalue weighted by molar-refractivity contribution is -0.119. The van der Waals surface area contributed by atoms with E-state index in [1.54, 1.807) is 6.92 Å². The van der Waals surface area contributed by atoms with Gasteiger partial charge in [-0.25, -0.2) is 4.39 Å². The van der Waals surface area contributed by atoms with E-state index in [4.69, 9.17) is 5.73 Å². The van der Waals surface area contributed by atoms with Gasteiger partial charge < -0.3 is 11.1 Å². The molecule has 0 saturated heterocycles. The number of hydrogen-bond donors (Lipinski definition) is 2. The predicted octanol–water partition coefficient (Wildman–Crippen LogP) is 1.25. The summed E-state index contributed by atoms with van der Waals surface area (Å²) in [5, 5.41) is 2.61. The highest BCUT2D eigenvalue weighted by Crippen LogP contribution is 2.17. The Morgan fingerprint density at radius 2 is 2.36 bits per heavy atom. The van der Waals surface area contributed by atoms with Gasteiger partial charge in [0.1, 0.15) is 0 Å². The second-order valence-electron chi connectivity index (χ2n) is 3.64. The van der Waals surface area contributed by atoms with Gasteiger partial charge in [0.05, 0.1) is 0 Å². The van der Waals surface area contributed by atoms with E-state index >= 15 is 0 Å². The highest BCUT2D eigenvalue weighted by molar-refractivity contribution is 5.91. The van der Waals surface area contributed by atoms with E-state index in [0.717, 1.165) is 19.3 Å². The summed E-state index contributed by atoms with van der Waals surface area (Å²) in [7, 11) is 0. The number of nitrogens with one attached hydrogen (secondary N) is 1. The van der Waals surface area contributed by atoms with Gasteiger partial charge in [-0.05, 0) is 31.8 Å². The van der Waals surface area contributed by atoms with Gasteiger partial charge >= 0.3 is 0 Å². The topological polar surface area (TPSA) is 55.1 Å². The number of nitrogens with two attached hydrogens (primary N) is 1. The van der Waals surface area contributed by atoms with Crippen LogP contribution in [0.4, 0.5) is 4.39 Å². The average Bonchev–Trinajstić information content (AvgIpc) is 2.52. The van der Waals surface area contributed by atoms with Crippen LogP contribution in [-0.2, 0) is 4.79 Å².